The van der Waals surface area contributed by atoms with E-state index in [0.717, 1.165) is 17.6 Å². The van der Waals surface area contributed by atoms with Crippen LogP contribution in [0.4, 0.5) is 5.95 Å². The lowest BCUT2D eigenvalue weighted by molar-refractivity contribution is 0.453. The SMILES string of the molecule is CC(C)(Cn1c(N)nc2cc(I)ccc21)c1cccs1. The van der Waals surface area contributed by atoms with Gasteiger partial charge in [-0.25, -0.2) is 4.98 Å². The van der Waals surface area contributed by atoms with Crippen LogP contribution in [0.15, 0.2) is 35.7 Å². The number of imidazole rings is 1. The number of fused-ring (bicyclic) bond motifs is 1. The maximum Gasteiger partial charge on any atom is 0.201 e. The van der Waals surface area contributed by atoms with Crippen LogP contribution in [0.3, 0.4) is 0 Å². The molecule has 104 valence electrons. The van der Waals surface area contributed by atoms with Gasteiger partial charge in [0.25, 0.3) is 0 Å². The highest BCUT2D eigenvalue weighted by Crippen LogP contribution is 2.31. The molecular weight excluding hydrogens is 381 g/mol. The average Bonchev–Trinajstić information content (AvgIpc) is 2.99. The molecule has 3 aromatic rings. The number of hydrogen-bond donors (Lipinski definition) is 1. The summed E-state index contributed by atoms with van der Waals surface area (Å²) in [6.45, 7) is 5.32. The molecule has 3 rings (SSSR count). The molecule has 3 nitrogen and oxygen atoms in total. The van der Waals surface area contributed by atoms with Crippen molar-refractivity contribution in [3.05, 3.63) is 44.2 Å². The molecule has 0 atom stereocenters. The molecule has 20 heavy (non-hydrogen) atoms. The van der Waals surface area contributed by atoms with Crippen molar-refractivity contribution in [2.24, 2.45) is 0 Å². The van der Waals surface area contributed by atoms with Crippen LogP contribution in [0.1, 0.15) is 18.7 Å². The Balaban J connectivity index is 2.05. The third kappa shape index (κ3) is 2.44. The van der Waals surface area contributed by atoms with Crippen LogP contribution in [-0.2, 0) is 12.0 Å². The monoisotopic (exact) mass is 397 g/mol. The van der Waals surface area contributed by atoms with E-state index in [9.17, 15) is 0 Å². The Hall–Kier alpha value is -1.08. The number of thiophene rings is 1. The molecule has 0 aliphatic heterocycles. The molecule has 0 fully saturated rings. The number of nitrogen functional groups attached to an aromatic ring is 1. The van der Waals surface area contributed by atoms with Crippen molar-refractivity contribution in [1.29, 1.82) is 0 Å². The zero-order chi connectivity index (χ0) is 14.3. The minimum Gasteiger partial charge on any atom is -0.369 e. The lowest BCUT2D eigenvalue weighted by Crippen LogP contribution is -2.24. The van der Waals surface area contributed by atoms with E-state index >= 15 is 0 Å². The molecular formula is C15H16IN3S. The zero-order valence-electron chi connectivity index (χ0n) is 11.4. The van der Waals surface area contributed by atoms with Crippen LogP contribution in [-0.4, -0.2) is 9.55 Å². The van der Waals surface area contributed by atoms with E-state index in [2.05, 4.69) is 81.7 Å². The first kappa shape index (κ1) is 13.9. The summed E-state index contributed by atoms with van der Waals surface area (Å²) in [7, 11) is 0. The van der Waals surface area contributed by atoms with Crippen LogP contribution in [0.5, 0.6) is 0 Å². The van der Waals surface area contributed by atoms with Crippen molar-refractivity contribution in [2.45, 2.75) is 25.8 Å². The first-order valence-corrected chi connectivity index (χ1v) is 8.38. The third-order valence-corrected chi connectivity index (χ3v) is 5.39. The van der Waals surface area contributed by atoms with Gasteiger partial charge in [0, 0.05) is 20.4 Å². The normalized spacial score (nSPS) is 12.2. The molecule has 1 aromatic carbocycles. The summed E-state index contributed by atoms with van der Waals surface area (Å²) in [6.07, 6.45) is 0. The molecule has 0 spiro atoms. The van der Waals surface area contributed by atoms with Gasteiger partial charge in [0.2, 0.25) is 5.95 Å². The Bertz CT molecular complexity index is 744. The van der Waals surface area contributed by atoms with Gasteiger partial charge in [-0.1, -0.05) is 19.9 Å². The largest absolute Gasteiger partial charge is 0.369 e. The van der Waals surface area contributed by atoms with Crippen molar-refractivity contribution in [1.82, 2.24) is 9.55 Å². The summed E-state index contributed by atoms with van der Waals surface area (Å²) in [4.78, 5) is 5.84. The van der Waals surface area contributed by atoms with E-state index in [-0.39, 0.29) is 5.41 Å². The van der Waals surface area contributed by atoms with Crippen molar-refractivity contribution in [3.63, 3.8) is 0 Å². The van der Waals surface area contributed by atoms with Gasteiger partial charge in [-0.15, -0.1) is 11.3 Å². The summed E-state index contributed by atoms with van der Waals surface area (Å²) < 4.78 is 3.29. The first-order valence-electron chi connectivity index (χ1n) is 6.43. The van der Waals surface area contributed by atoms with Gasteiger partial charge >= 0.3 is 0 Å². The fraction of sp³-hybridized carbons (Fsp3) is 0.267. The highest BCUT2D eigenvalue weighted by atomic mass is 127. The fourth-order valence-corrected chi connectivity index (χ4v) is 3.74. The third-order valence-electron chi connectivity index (χ3n) is 3.48. The summed E-state index contributed by atoms with van der Waals surface area (Å²) in [5.41, 5.74) is 8.23. The highest BCUT2D eigenvalue weighted by Gasteiger charge is 2.24. The second-order valence-corrected chi connectivity index (χ2v) is 7.74. The Labute approximate surface area is 136 Å². The molecule has 0 saturated heterocycles. The Morgan fingerprint density at radius 1 is 1.35 bits per heavy atom. The number of halogens is 1. The second-order valence-electron chi connectivity index (χ2n) is 5.55. The number of nitrogens with two attached hydrogens (primary N) is 1. The number of rotatable bonds is 3. The Kier molecular flexibility index (Phi) is 3.50. The summed E-state index contributed by atoms with van der Waals surface area (Å²) in [5.74, 6) is 0.589. The quantitative estimate of drug-likeness (QED) is 0.672. The Morgan fingerprint density at radius 2 is 2.15 bits per heavy atom. The first-order chi connectivity index (χ1) is 9.47. The van der Waals surface area contributed by atoms with Gasteiger partial charge < -0.3 is 10.3 Å². The Morgan fingerprint density at radius 3 is 2.85 bits per heavy atom. The molecule has 2 aromatic heterocycles. The van der Waals surface area contributed by atoms with Crippen LogP contribution in [0.2, 0.25) is 0 Å². The molecule has 2 N–H and O–H groups in total. The number of benzene rings is 1. The van der Waals surface area contributed by atoms with E-state index in [0.29, 0.717) is 5.95 Å². The predicted molar refractivity (Wildman–Crippen MR) is 94.2 cm³/mol. The molecule has 0 saturated carbocycles. The molecule has 0 unspecified atom stereocenters. The zero-order valence-corrected chi connectivity index (χ0v) is 14.4. The van der Waals surface area contributed by atoms with Gasteiger partial charge in [-0.3, -0.25) is 0 Å². The van der Waals surface area contributed by atoms with E-state index in [1.54, 1.807) is 11.3 Å². The van der Waals surface area contributed by atoms with Crippen LogP contribution in [0.25, 0.3) is 11.0 Å². The van der Waals surface area contributed by atoms with Crippen LogP contribution in [0, 0.1) is 3.57 Å². The van der Waals surface area contributed by atoms with E-state index in [1.165, 1.54) is 8.45 Å². The summed E-state index contributed by atoms with van der Waals surface area (Å²) >= 11 is 4.09. The average molecular weight is 397 g/mol. The lowest BCUT2D eigenvalue weighted by Gasteiger charge is -2.24. The van der Waals surface area contributed by atoms with Gasteiger partial charge in [0.1, 0.15) is 0 Å². The molecule has 0 radical (unpaired) electrons. The van der Waals surface area contributed by atoms with Gasteiger partial charge in [0.15, 0.2) is 0 Å². The minimum atomic E-state index is 0.0406. The second kappa shape index (κ2) is 5.04. The number of hydrogen-bond acceptors (Lipinski definition) is 3. The van der Waals surface area contributed by atoms with Crippen molar-refractivity contribution in [3.8, 4) is 0 Å². The van der Waals surface area contributed by atoms with E-state index in [4.69, 9.17) is 5.73 Å². The number of aromatic nitrogens is 2. The molecule has 0 bridgehead atoms. The van der Waals surface area contributed by atoms with Crippen molar-refractivity contribution >= 4 is 50.9 Å². The minimum absolute atomic E-state index is 0.0406. The fourth-order valence-electron chi connectivity index (χ4n) is 2.42. The summed E-state index contributed by atoms with van der Waals surface area (Å²) in [5, 5.41) is 2.12. The van der Waals surface area contributed by atoms with E-state index in [1.807, 2.05) is 0 Å². The topological polar surface area (TPSA) is 43.8 Å². The number of nitrogens with zero attached hydrogens (tertiary/aromatic N) is 2. The van der Waals surface area contributed by atoms with E-state index < -0.39 is 0 Å². The molecule has 0 aliphatic rings. The molecule has 0 amide bonds. The highest BCUT2D eigenvalue weighted by molar-refractivity contribution is 14.1. The van der Waals surface area contributed by atoms with Gasteiger partial charge in [0.05, 0.1) is 11.0 Å². The molecule has 5 heteroatoms. The standard InChI is InChI=1S/C15H16IN3S/c1-15(2,13-4-3-7-20-13)9-19-12-6-5-10(16)8-11(12)18-14(19)17/h3-8H,9H2,1-2H3,(H2,17,18). The molecule has 2 heterocycles. The maximum atomic E-state index is 6.12. The van der Waals surface area contributed by atoms with Crippen molar-refractivity contribution < 1.29 is 0 Å². The smallest absolute Gasteiger partial charge is 0.201 e. The van der Waals surface area contributed by atoms with Crippen LogP contribution < -0.4 is 5.73 Å². The predicted octanol–water partition coefficient (Wildman–Crippen LogP) is 4.26. The van der Waals surface area contributed by atoms with Crippen LogP contribution >= 0.6 is 33.9 Å². The van der Waals surface area contributed by atoms with Gasteiger partial charge in [-0.05, 0) is 52.2 Å². The number of anilines is 1. The molecule has 0 aliphatic carbocycles. The lowest BCUT2D eigenvalue weighted by atomic mass is 9.91. The van der Waals surface area contributed by atoms with Crippen molar-refractivity contribution in [2.75, 3.05) is 5.73 Å². The summed E-state index contributed by atoms with van der Waals surface area (Å²) in [6, 6.07) is 10.5. The van der Waals surface area contributed by atoms with Gasteiger partial charge in [-0.2, -0.15) is 0 Å². The maximum absolute atomic E-state index is 6.12.